The Balaban J connectivity index is 1.91. The molecule has 148 valence electrons. The van der Waals surface area contributed by atoms with Gasteiger partial charge in [-0.1, -0.05) is 18.2 Å². The molecule has 0 atom stereocenters. The number of amides is 2. The molecule has 3 aromatic rings. The van der Waals surface area contributed by atoms with E-state index in [4.69, 9.17) is 5.73 Å². The van der Waals surface area contributed by atoms with Crippen LogP contribution in [0.5, 0.6) is 0 Å². The van der Waals surface area contributed by atoms with E-state index in [1.54, 1.807) is 11.8 Å². The number of nitrogens with one attached hydrogen (secondary N) is 1. The molecule has 0 fully saturated rings. The molecule has 2 amide bonds. The number of primary amides is 1. The van der Waals surface area contributed by atoms with E-state index in [-0.39, 0.29) is 12.3 Å². The van der Waals surface area contributed by atoms with Gasteiger partial charge in [0.15, 0.2) is 0 Å². The van der Waals surface area contributed by atoms with Gasteiger partial charge in [-0.3, -0.25) is 9.59 Å². The van der Waals surface area contributed by atoms with Crippen molar-refractivity contribution in [1.29, 1.82) is 0 Å². The minimum atomic E-state index is -0.513. The second-order valence-corrected chi connectivity index (χ2v) is 7.51. The molecule has 0 saturated heterocycles. The Labute approximate surface area is 168 Å². The molecule has 4 rings (SSSR count). The molecule has 3 N–H and O–H groups in total. The molecular formula is C23H22FN3O2. The largest absolute Gasteiger partial charge is 0.369 e. The number of rotatable bonds is 4. The summed E-state index contributed by atoms with van der Waals surface area (Å²) in [5.41, 5.74) is 11.0. The van der Waals surface area contributed by atoms with E-state index in [9.17, 15) is 9.59 Å². The van der Waals surface area contributed by atoms with Crippen LogP contribution in [0.1, 0.15) is 23.7 Å². The fraction of sp³-hybridized carbons (Fsp3) is 0.217. The van der Waals surface area contributed by atoms with Crippen LogP contribution in [0.25, 0.3) is 22.0 Å². The van der Waals surface area contributed by atoms with Gasteiger partial charge in [0.2, 0.25) is 5.91 Å². The summed E-state index contributed by atoms with van der Waals surface area (Å²) in [6.45, 7) is 6.13. The molecule has 2 heterocycles. The van der Waals surface area contributed by atoms with Crippen LogP contribution in [0.4, 0.5) is 10.1 Å². The highest BCUT2D eigenvalue weighted by molar-refractivity contribution is 6.08. The van der Waals surface area contributed by atoms with Crippen LogP contribution in [-0.4, -0.2) is 23.3 Å². The fourth-order valence-electron chi connectivity index (χ4n) is 3.96. The molecule has 0 spiro atoms. The smallest absolute Gasteiger partial charge is 0.253 e. The van der Waals surface area contributed by atoms with Crippen molar-refractivity contribution in [2.24, 2.45) is 5.73 Å². The molecule has 0 radical (unpaired) electrons. The van der Waals surface area contributed by atoms with Gasteiger partial charge in [0, 0.05) is 34.4 Å². The van der Waals surface area contributed by atoms with Gasteiger partial charge in [0.25, 0.3) is 5.91 Å². The number of halogens is 1. The van der Waals surface area contributed by atoms with Gasteiger partial charge in [0.05, 0.1) is 11.9 Å². The number of benzene rings is 2. The molecule has 5 nitrogen and oxygen atoms in total. The number of aromatic nitrogens is 1. The maximum atomic E-state index is 15.3. The molecule has 1 aliphatic heterocycles. The van der Waals surface area contributed by atoms with Crippen LogP contribution in [0.15, 0.2) is 42.0 Å². The van der Waals surface area contributed by atoms with E-state index in [0.29, 0.717) is 28.8 Å². The number of fused-ring (bicyclic) bond motifs is 1. The Morgan fingerprint density at radius 3 is 2.66 bits per heavy atom. The van der Waals surface area contributed by atoms with Crippen molar-refractivity contribution in [2.45, 2.75) is 27.2 Å². The number of nitrogens with zero attached hydrogens (tertiary/aromatic N) is 1. The minimum absolute atomic E-state index is 0.0413. The molecule has 1 aromatic heterocycles. The number of aromatic amines is 1. The number of hydrogen-bond donors (Lipinski definition) is 2. The maximum absolute atomic E-state index is 15.3. The minimum Gasteiger partial charge on any atom is -0.369 e. The number of anilines is 1. The van der Waals surface area contributed by atoms with Gasteiger partial charge in [-0.2, -0.15) is 0 Å². The molecule has 2 aromatic carbocycles. The Kier molecular flexibility index (Phi) is 4.49. The second-order valence-electron chi connectivity index (χ2n) is 7.51. The van der Waals surface area contributed by atoms with Crippen molar-refractivity contribution in [3.05, 3.63) is 64.6 Å². The van der Waals surface area contributed by atoms with Gasteiger partial charge in [-0.05, 0) is 55.7 Å². The zero-order valence-electron chi connectivity index (χ0n) is 16.6. The highest BCUT2D eigenvalue weighted by atomic mass is 19.1. The molecule has 0 unspecified atom stereocenters. The number of H-pyrrole nitrogens is 1. The highest BCUT2D eigenvalue weighted by Crippen LogP contribution is 2.38. The first-order valence-electron chi connectivity index (χ1n) is 9.45. The third-order valence-electron chi connectivity index (χ3n) is 5.58. The summed E-state index contributed by atoms with van der Waals surface area (Å²) in [7, 11) is 0. The van der Waals surface area contributed by atoms with E-state index >= 15 is 4.39 Å². The summed E-state index contributed by atoms with van der Waals surface area (Å²) in [5.74, 6) is -0.978. The molecule has 0 bridgehead atoms. The van der Waals surface area contributed by atoms with Gasteiger partial charge in [0.1, 0.15) is 5.82 Å². The fourth-order valence-corrected chi connectivity index (χ4v) is 3.96. The zero-order chi connectivity index (χ0) is 20.9. The molecule has 6 heteroatoms. The van der Waals surface area contributed by atoms with E-state index in [0.717, 1.165) is 27.8 Å². The van der Waals surface area contributed by atoms with Gasteiger partial charge < -0.3 is 15.6 Å². The summed E-state index contributed by atoms with van der Waals surface area (Å²) >= 11 is 0. The summed E-state index contributed by atoms with van der Waals surface area (Å²) in [6.07, 6.45) is 1.84. The van der Waals surface area contributed by atoms with Gasteiger partial charge in [-0.25, -0.2) is 4.39 Å². The predicted octanol–water partition coefficient (Wildman–Crippen LogP) is 3.91. The number of nitrogens with two attached hydrogens (primary N) is 1. The van der Waals surface area contributed by atoms with Crippen LogP contribution in [0.3, 0.4) is 0 Å². The number of aryl methyl sites for hydroxylation is 2. The van der Waals surface area contributed by atoms with Crippen molar-refractivity contribution in [3.8, 4) is 11.1 Å². The standard InChI is InChI=1S/C23H22FN3O2/c1-12-7-8-27(23(12)29)17-6-4-5-15(9-17)21-18(24)10-16(11-19(25)28)22-20(21)13(2)14(3)26-22/h4-7,9-10,26H,8,11H2,1-3H3,(H2,25,28). The summed E-state index contributed by atoms with van der Waals surface area (Å²) in [6, 6.07) is 8.70. The van der Waals surface area contributed by atoms with Crippen LogP contribution >= 0.6 is 0 Å². The van der Waals surface area contributed by atoms with Crippen LogP contribution in [0, 0.1) is 19.7 Å². The first-order valence-corrected chi connectivity index (χ1v) is 9.45. The van der Waals surface area contributed by atoms with E-state index in [1.165, 1.54) is 6.07 Å². The summed E-state index contributed by atoms with van der Waals surface area (Å²) < 4.78 is 15.3. The van der Waals surface area contributed by atoms with Gasteiger partial charge >= 0.3 is 0 Å². The van der Waals surface area contributed by atoms with Crippen LogP contribution < -0.4 is 10.6 Å². The third kappa shape index (κ3) is 3.10. The average Bonchev–Trinajstić information content (AvgIpc) is 3.15. The lowest BCUT2D eigenvalue weighted by Crippen LogP contribution is -2.25. The Bertz CT molecular complexity index is 1210. The maximum Gasteiger partial charge on any atom is 0.253 e. The number of carbonyl (C=O) groups excluding carboxylic acids is 2. The van der Waals surface area contributed by atoms with Gasteiger partial charge in [-0.15, -0.1) is 0 Å². The molecule has 0 aliphatic carbocycles. The lowest BCUT2D eigenvalue weighted by Gasteiger charge is -2.18. The monoisotopic (exact) mass is 391 g/mol. The van der Waals surface area contributed by atoms with Crippen molar-refractivity contribution in [2.75, 3.05) is 11.4 Å². The number of hydrogen-bond acceptors (Lipinski definition) is 2. The molecule has 0 saturated carbocycles. The van der Waals surface area contributed by atoms with E-state index in [1.807, 2.05) is 44.2 Å². The normalized spacial score (nSPS) is 14.0. The quantitative estimate of drug-likeness (QED) is 0.707. The lowest BCUT2D eigenvalue weighted by molar-refractivity contribution is -0.117. The number of carbonyl (C=O) groups is 2. The average molecular weight is 391 g/mol. The van der Waals surface area contributed by atoms with E-state index in [2.05, 4.69) is 4.98 Å². The van der Waals surface area contributed by atoms with Crippen molar-refractivity contribution in [1.82, 2.24) is 4.98 Å². The lowest BCUT2D eigenvalue weighted by atomic mass is 9.94. The Morgan fingerprint density at radius 2 is 2.00 bits per heavy atom. The second kappa shape index (κ2) is 6.88. The third-order valence-corrected chi connectivity index (χ3v) is 5.58. The highest BCUT2D eigenvalue weighted by Gasteiger charge is 2.24. The van der Waals surface area contributed by atoms with E-state index < -0.39 is 11.7 Å². The SMILES string of the molecule is CC1=CCN(c2cccc(-c3c(F)cc(CC(N)=O)c4[nH]c(C)c(C)c34)c2)C1=O. The van der Waals surface area contributed by atoms with Crippen molar-refractivity contribution < 1.29 is 14.0 Å². The first kappa shape index (κ1) is 18.9. The van der Waals surface area contributed by atoms with Crippen LogP contribution in [0.2, 0.25) is 0 Å². The van der Waals surface area contributed by atoms with Crippen molar-refractivity contribution in [3.63, 3.8) is 0 Å². The molecule has 1 aliphatic rings. The molecular weight excluding hydrogens is 369 g/mol. The Hall–Kier alpha value is -3.41. The summed E-state index contributed by atoms with van der Waals surface area (Å²) in [4.78, 5) is 28.8. The van der Waals surface area contributed by atoms with Crippen LogP contribution in [-0.2, 0) is 16.0 Å². The first-order chi connectivity index (χ1) is 13.8. The molecule has 29 heavy (non-hydrogen) atoms. The predicted molar refractivity (Wildman–Crippen MR) is 112 cm³/mol. The Morgan fingerprint density at radius 1 is 1.24 bits per heavy atom. The van der Waals surface area contributed by atoms with Crippen molar-refractivity contribution >= 4 is 28.4 Å². The summed E-state index contributed by atoms with van der Waals surface area (Å²) in [5, 5.41) is 0.734. The topological polar surface area (TPSA) is 79.2 Å². The zero-order valence-corrected chi connectivity index (χ0v) is 16.6.